The highest BCUT2D eigenvalue weighted by molar-refractivity contribution is 8.00. The fourth-order valence-corrected chi connectivity index (χ4v) is 6.51. The molecule has 1 N–H and O–H groups in total. The first kappa shape index (κ1) is 23.7. The van der Waals surface area contributed by atoms with E-state index in [9.17, 15) is 9.59 Å². The Morgan fingerprint density at radius 2 is 2.00 bits per heavy atom. The number of hydrogen-bond donors (Lipinski definition) is 1. The Kier molecular flexibility index (Phi) is 6.71. The number of aromatic nitrogens is 1. The number of anilines is 1. The minimum absolute atomic E-state index is 0.0860. The molecule has 3 aromatic rings. The molecule has 1 saturated heterocycles. The Labute approximate surface area is 213 Å². The number of carbonyl (C=O) groups is 2. The summed E-state index contributed by atoms with van der Waals surface area (Å²) in [6, 6.07) is 13.8. The monoisotopic (exact) mass is 508 g/mol. The minimum atomic E-state index is -0.193. The molecular formula is C26H28N4O3S2. The molecule has 5 rings (SSSR count). The second kappa shape index (κ2) is 9.91. The summed E-state index contributed by atoms with van der Waals surface area (Å²) in [6.45, 7) is 6.29. The summed E-state index contributed by atoms with van der Waals surface area (Å²) in [6.07, 6.45) is 0. The summed E-state index contributed by atoms with van der Waals surface area (Å²) in [5, 5.41) is 3.74. The van der Waals surface area contributed by atoms with Crippen LogP contribution in [0.1, 0.15) is 31.4 Å². The molecule has 0 aliphatic carbocycles. The molecule has 182 valence electrons. The summed E-state index contributed by atoms with van der Waals surface area (Å²) in [5.74, 6) is 1.16. The Morgan fingerprint density at radius 3 is 2.83 bits per heavy atom. The number of nitrogens with zero attached hydrogens (tertiary/aromatic N) is 3. The third-order valence-electron chi connectivity index (χ3n) is 6.23. The number of fused-ring (bicyclic) bond motifs is 1. The molecule has 0 saturated carbocycles. The number of thiazole rings is 1. The second-order valence-electron chi connectivity index (χ2n) is 8.74. The van der Waals surface area contributed by atoms with Crippen molar-refractivity contribution in [3.63, 3.8) is 0 Å². The molecule has 2 aliphatic rings. The van der Waals surface area contributed by atoms with E-state index in [-0.39, 0.29) is 17.2 Å². The molecule has 0 radical (unpaired) electrons. The number of carbonyl (C=O) groups excluding carboxylic acids is 2. The van der Waals surface area contributed by atoms with E-state index in [0.717, 1.165) is 39.0 Å². The highest BCUT2D eigenvalue weighted by Crippen LogP contribution is 2.35. The third kappa shape index (κ3) is 4.75. The van der Waals surface area contributed by atoms with Gasteiger partial charge in [0.05, 0.1) is 33.1 Å². The van der Waals surface area contributed by atoms with Gasteiger partial charge in [0, 0.05) is 25.9 Å². The van der Waals surface area contributed by atoms with Crippen LogP contribution in [0.5, 0.6) is 5.75 Å². The highest BCUT2D eigenvalue weighted by atomic mass is 32.2. The number of thioether (sulfide) groups is 1. The van der Waals surface area contributed by atoms with Crippen molar-refractivity contribution in [2.75, 3.05) is 43.9 Å². The van der Waals surface area contributed by atoms with Crippen LogP contribution in [-0.2, 0) is 0 Å². The van der Waals surface area contributed by atoms with Crippen LogP contribution >= 0.6 is 23.1 Å². The van der Waals surface area contributed by atoms with Crippen LogP contribution in [0.2, 0.25) is 0 Å². The van der Waals surface area contributed by atoms with Crippen molar-refractivity contribution in [1.82, 2.24) is 15.2 Å². The van der Waals surface area contributed by atoms with Gasteiger partial charge in [-0.2, -0.15) is 0 Å². The van der Waals surface area contributed by atoms with Gasteiger partial charge in [0.2, 0.25) is 0 Å². The lowest BCUT2D eigenvalue weighted by Gasteiger charge is -2.29. The molecule has 1 aromatic heterocycles. The maximum Gasteiger partial charge on any atom is 0.274 e. The third-order valence-corrected chi connectivity index (χ3v) is 8.47. The highest BCUT2D eigenvalue weighted by Gasteiger charge is 2.33. The molecule has 9 heteroatoms. The molecule has 2 aliphatic heterocycles. The second-order valence-corrected chi connectivity index (χ2v) is 11.2. The normalized spacial score (nSPS) is 17.2. The molecule has 0 spiro atoms. The van der Waals surface area contributed by atoms with Crippen molar-refractivity contribution in [1.29, 1.82) is 0 Å². The van der Waals surface area contributed by atoms with E-state index in [2.05, 4.69) is 21.3 Å². The van der Waals surface area contributed by atoms with E-state index in [4.69, 9.17) is 4.74 Å². The topological polar surface area (TPSA) is 74.8 Å². The summed E-state index contributed by atoms with van der Waals surface area (Å²) in [7, 11) is 1.99. The smallest absolute Gasteiger partial charge is 0.274 e. The van der Waals surface area contributed by atoms with Crippen molar-refractivity contribution in [3.05, 3.63) is 64.3 Å². The zero-order chi connectivity index (χ0) is 24.5. The van der Waals surface area contributed by atoms with Gasteiger partial charge < -0.3 is 19.9 Å². The van der Waals surface area contributed by atoms with Gasteiger partial charge in [-0.1, -0.05) is 35.9 Å². The van der Waals surface area contributed by atoms with Crippen LogP contribution in [0.4, 0.5) is 5.69 Å². The van der Waals surface area contributed by atoms with Crippen LogP contribution in [0.3, 0.4) is 0 Å². The zero-order valence-corrected chi connectivity index (χ0v) is 21.7. The number of nitrogens with one attached hydrogen (secondary N) is 1. The number of aryl methyl sites for hydroxylation is 2. The average Bonchev–Trinajstić information content (AvgIpc) is 3.48. The van der Waals surface area contributed by atoms with Gasteiger partial charge in [-0.15, -0.1) is 23.1 Å². The van der Waals surface area contributed by atoms with Gasteiger partial charge in [-0.25, -0.2) is 4.98 Å². The van der Waals surface area contributed by atoms with Crippen LogP contribution in [0.15, 0.2) is 42.5 Å². The summed E-state index contributed by atoms with van der Waals surface area (Å²) in [4.78, 5) is 36.1. The van der Waals surface area contributed by atoms with Crippen LogP contribution in [0, 0.1) is 13.8 Å². The Hall–Kier alpha value is -3.04. The minimum Gasteiger partial charge on any atom is -0.489 e. The zero-order valence-electron chi connectivity index (χ0n) is 20.0. The number of hydrogen-bond acceptors (Lipinski definition) is 7. The largest absolute Gasteiger partial charge is 0.489 e. The number of ether oxygens (including phenoxy) is 1. The first-order valence-corrected chi connectivity index (χ1v) is 13.5. The number of likely N-dealkylation sites (N-methyl/N-ethyl adjacent to an activating group) is 1. The fourth-order valence-electron chi connectivity index (χ4n) is 4.45. The number of benzene rings is 2. The van der Waals surface area contributed by atoms with Crippen molar-refractivity contribution in [2.24, 2.45) is 0 Å². The Morgan fingerprint density at radius 1 is 1.17 bits per heavy atom. The van der Waals surface area contributed by atoms with E-state index >= 15 is 0 Å². The van der Waals surface area contributed by atoms with E-state index in [1.165, 1.54) is 0 Å². The average molecular weight is 509 g/mol. The van der Waals surface area contributed by atoms with E-state index in [1.54, 1.807) is 29.2 Å². The molecule has 35 heavy (non-hydrogen) atoms. The lowest BCUT2D eigenvalue weighted by molar-refractivity contribution is 0.0746. The van der Waals surface area contributed by atoms with Crippen LogP contribution < -0.4 is 15.0 Å². The molecule has 2 amide bonds. The van der Waals surface area contributed by atoms with Crippen molar-refractivity contribution in [3.8, 4) is 16.2 Å². The van der Waals surface area contributed by atoms with Crippen LogP contribution in [-0.4, -0.2) is 66.1 Å². The number of rotatable bonds is 5. The molecule has 1 fully saturated rings. The molecule has 3 heterocycles. The predicted molar refractivity (Wildman–Crippen MR) is 142 cm³/mol. The van der Waals surface area contributed by atoms with Crippen LogP contribution in [0.25, 0.3) is 10.4 Å². The van der Waals surface area contributed by atoms with Crippen molar-refractivity contribution in [2.45, 2.75) is 19.2 Å². The van der Waals surface area contributed by atoms with Crippen molar-refractivity contribution < 1.29 is 14.3 Å². The van der Waals surface area contributed by atoms with Gasteiger partial charge >= 0.3 is 0 Å². The molecule has 1 atom stereocenters. The molecule has 1 unspecified atom stereocenters. The quantitative estimate of drug-likeness (QED) is 0.557. The van der Waals surface area contributed by atoms with E-state index in [0.29, 0.717) is 36.7 Å². The first-order chi connectivity index (χ1) is 16.9. The first-order valence-electron chi connectivity index (χ1n) is 11.6. The van der Waals surface area contributed by atoms with Gasteiger partial charge in [-0.05, 0) is 31.5 Å². The number of amides is 2. The maximum absolute atomic E-state index is 13.6. The predicted octanol–water partition coefficient (Wildman–Crippen LogP) is 4.20. The standard InChI is InChI=1S/C26H28N4O3S2/c1-16-6-4-7-18(14-16)24-22(28-17(2)35-24)26(32)30-11-13-34-21(30)15-27-25(31)19-8-5-9-20-23(19)33-12-10-29(20)3/h4-9,14,21H,10-13,15H2,1-3H3,(H,27,31). The van der Waals surface area contributed by atoms with Crippen molar-refractivity contribution >= 4 is 40.6 Å². The lowest BCUT2D eigenvalue weighted by Crippen LogP contribution is -2.42. The molecule has 7 nitrogen and oxygen atoms in total. The molecule has 2 aromatic carbocycles. The molecule has 0 bridgehead atoms. The van der Waals surface area contributed by atoms with Gasteiger partial charge in [0.25, 0.3) is 11.8 Å². The maximum atomic E-state index is 13.6. The summed E-state index contributed by atoms with van der Waals surface area (Å²) < 4.78 is 5.82. The SMILES string of the molecule is Cc1cccc(-c2sc(C)nc2C(=O)N2CCSC2CNC(=O)c2cccc3c2OCCN3C)c1. The summed E-state index contributed by atoms with van der Waals surface area (Å²) in [5.41, 5.74) is 4.08. The Bertz CT molecular complexity index is 1280. The van der Waals surface area contributed by atoms with Gasteiger partial charge in [0.1, 0.15) is 12.3 Å². The molecular weight excluding hydrogens is 480 g/mol. The fraction of sp³-hybridized carbons (Fsp3) is 0.346. The van der Waals surface area contributed by atoms with Gasteiger partial charge in [-0.3, -0.25) is 9.59 Å². The van der Waals surface area contributed by atoms with Gasteiger partial charge in [0.15, 0.2) is 5.75 Å². The number of para-hydroxylation sites is 1. The van der Waals surface area contributed by atoms with E-state index < -0.39 is 0 Å². The Balaban J connectivity index is 1.32. The van der Waals surface area contributed by atoms with E-state index in [1.807, 2.05) is 56.1 Å². The lowest BCUT2D eigenvalue weighted by atomic mass is 10.1. The summed E-state index contributed by atoms with van der Waals surface area (Å²) >= 11 is 3.22.